The fourth-order valence-electron chi connectivity index (χ4n) is 2.34. The van der Waals surface area contributed by atoms with Gasteiger partial charge in [-0.05, 0) is 29.0 Å². The molecule has 1 aliphatic heterocycles. The topological polar surface area (TPSA) is 55.2 Å². The van der Waals surface area contributed by atoms with Gasteiger partial charge in [-0.3, -0.25) is 10.1 Å². The number of fused-ring (bicyclic) bond motifs is 1. The standard InChI is InChI=1S/C13H12N2O2S/c16-15(17)10-3-1-9(2-4-10)13-11-6-8-18-12(11)5-7-14-13/h1-4,6,8,13-14H,5,7H2/t13-/m1/s1. The van der Waals surface area contributed by atoms with Gasteiger partial charge in [-0.25, -0.2) is 0 Å². The van der Waals surface area contributed by atoms with Crippen LogP contribution in [0.5, 0.6) is 0 Å². The third kappa shape index (κ3) is 1.91. The maximum Gasteiger partial charge on any atom is 0.269 e. The second kappa shape index (κ2) is 4.51. The van der Waals surface area contributed by atoms with Crippen molar-refractivity contribution in [3.05, 3.63) is 61.8 Å². The summed E-state index contributed by atoms with van der Waals surface area (Å²) >= 11 is 1.78. The first-order valence-electron chi connectivity index (χ1n) is 5.80. The van der Waals surface area contributed by atoms with E-state index in [2.05, 4.69) is 16.8 Å². The Balaban J connectivity index is 1.95. The van der Waals surface area contributed by atoms with E-state index < -0.39 is 0 Å². The number of hydrogen-bond acceptors (Lipinski definition) is 4. The Bertz CT molecular complexity index is 577. The predicted octanol–water partition coefficient (Wildman–Crippen LogP) is 2.89. The summed E-state index contributed by atoms with van der Waals surface area (Å²) in [6.07, 6.45) is 1.07. The van der Waals surface area contributed by atoms with Crippen LogP contribution in [0.2, 0.25) is 0 Å². The highest BCUT2D eigenvalue weighted by atomic mass is 32.1. The molecule has 5 heteroatoms. The molecule has 0 radical (unpaired) electrons. The highest BCUT2D eigenvalue weighted by Crippen LogP contribution is 2.32. The Morgan fingerprint density at radius 1 is 1.28 bits per heavy atom. The van der Waals surface area contributed by atoms with E-state index in [9.17, 15) is 10.1 Å². The van der Waals surface area contributed by atoms with Crippen molar-refractivity contribution in [1.29, 1.82) is 0 Å². The van der Waals surface area contributed by atoms with Gasteiger partial charge >= 0.3 is 0 Å². The Morgan fingerprint density at radius 2 is 2.06 bits per heavy atom. The van der Waals surface area contributed by atoms with E-state index in [4.69, 9.17) is 0 Å². The summed E-state index contributed by atoms with van der Waals surface area (Å²) in [4.78, 5) is 11.7. The Hall–Kier alpha value is -1.72. The first-order valence-corrected chi connectivity index (χ1v) is 6.67. The SMILES string of the molecule is O=[N+]([O-])c1ccc([C@H]2NCCc3sccc32)cc1. The summed E-state index contributed by atoms with van der Waals surface area (Å²) in [7, 11) is 0. The minimum absolute atomic E-state index is 0.139. The fraction of sp³-hybridized carbons (Fsp3) is 0.231. The highest BCUT2D eigenvalue weighted by Gasteiger charge is 2.22. The van der Waals surface area contributed by atoms with Gasteiger partial charge in [-0.1, -0.05) is 12.1 Å². The van der Waals surface area contributed by atoms with Crippen molar-refractivity contribution in [2.75, 3.05) is 6.54 Å². The monoisotopic (exact) mass is 260 g/mol. The summed E-state index contributed by atoms with van der Waals surface area (Å²) in [6.45, 7) is 0.954. The number of nitro groups is 1. The number of nitro benzene ring substituents is 1. The van der Waals surface area contributed by atoms with E-state index in [1.54, 1.807) is 23.5 Å². The van der Waals surface area contributed by atoms with Crippen LogP contribution in [0.3, 0.4) is 0 Å². The molecule has 0 unspecified atom stereocenters. The van der Waals surface area contributed by atoms with E-state index in [0.717, 1.165) is 18.5 Å². The number of nitrogens with one attached hydrogen (secondary N) is 1. The zero-order valence-electron chi connectivity index (χ0n) is 9.63. The maximum atomic E-state index is 10.6. The second-order valence-electron chi connectivity index (χ2n) is 4.28. The lowest BCUT2D eigenvalue weighted by Crippen LogP contribution is -2.29. The van der Waals surface area contributed by atoms with Gasteiger partial charge in [0.05, 0.1) is 11.0 Å². The van der Waals surface area contributed by atoms with Gasteiger partial charge in [0.2, 0.25) is 0 Å². The van der Waals surface area contributed by atoms with Gasteiger partial charge in [0.1, 0.15) is 0 Å². The summed E-state index contributed by atoms with van der Waals surface area (Å²) < 4.78 is 0. The molecule has 92 valence electrons. The molecule has 0 saturated carbocycles. The van der Waals surface area contributed by atoms with E-state index >= 15 is 0 Å². The van der Waals surface area contributed by atoms with Crippen molar-refractivity contribution in [1.82, 2.24) is 5.32 Å². The molecule has 18 heavy (non-hydrogen) atoms. The van der Waals surface area contributed by atoms with Crippen LogP contribution in [0, 0.1) is 10.1 Å². The van der Waals surface area contributed by atoms with Gasteiger partial charge in [0.15, 0.2) is 0 Å². The first-order chi connectivity index (χ1) is 8.75. The van der Waals surface area contributed by atoms with Gasteiger partial charge < -0.3 is 5.32 Å². The van der Waals surface area contributed by atoms with Crippen molar-refractivity contribution in [2.45, 2.75) is 12.5 Å². The molecule has 1 aliphatic rings. The molecule has 2 heterocycles. The molecule has 3 rings (SSSR count). The number of hydrogen-bond donors (Lipinski definition) is 1. The van der Waals surface area contributed by atoms with Gasteiger partial charge in [-0.2, -0.15) is 0 Å². The first kappa shape index (κ1) is 11.4. The van der Waals surface area contributed by atoms with Crippen LogP contribution in [0.15, 0.2) is 35.7 Å². The van der Waals surface area contributed by atoms with Gasteiger partial charge in [-0.15, -0.1) is 11.3 Å². The average Bonchev–Trinajstić information content (AvgIpc) is 2.87. The van der Waals surface area contributed by atoms with Crippen LogP contribution in [0.4, 0.5) is 5.69 Å². The zero-order chi connectivity index (χ0) is 12.5. The summed E-state index contributed by atoms with van der Waals surface area (Å²) in [6, 6.07) is 9.11. The summed E-state index contributed by atoms with van der Waals surface area (Å²) in [5.74, 6) is 0. The number of rotatable bonds is 2. The molecule has 1 aromatic carbocycles. The Labute approximate surface area is 108 Å². The molecule has 0 bridgehead atoms. The van der Waals surface area contributed by atoms with Crippen LogP contribution in [0.25, 0.3) is 0 Å². The lowest BCUT2D eigenvalue weighted by atomic mass is 9.95. The van der Waals surface area contributed by atoms with Crippen LogP contribution in [-0.2, 0) is 6.42 Å². The average molecular weight is 260 g/mol. The number of benzene rings is 1. The van der Waals surface area contributed by atoms with E-state index in [1.807, 2.05) is 12.1 Å². The molecule has 0 aliphatic carbocycles. The molecule has 4 nitrogen and oxygen atoms in total. The van der Waals surface area contributed by atoms with Crippen molar-refractivity contribution in [3.63, 3.8) is 0 Å². The van der Waals surface area contributed by atoms with Crippen molar-refractivity contribution in [2.24, 2.45) is 0 Å². The van der Waals surface area contributed by atoms with Gasteiger partial charge in [0, 0.05) is 23.6 Å². The van der Waals surface area contributed by atoms with Crippen molar-refractivity contribution in [3.8, 4) is 0 Å². The highest BCUT2D eigenvalue weighted by molar-refractivity contribution is 7.10. The molecular weight excluding hydrogens is 248 g/mol. The van der Waals surface area contributed by atoms with Crippen LogP contribution in [-0.4, -0.2) is 11.5 Å². The third-order valence-corrected chi connectivity index (χ3v) is 4.23. The van der Waals surface area contributed by atoms with E-state index in [-0.39, 0.29) is 16.7 Å². The van der Waals surface area contributed by atoms with Crippen molar-refractivity contribution < 1.29 is 4.92 Å². The minimum atomic E-state index is -0.367. The molecule has 2 aromatic rings. The molecule has 1 N–H and O–H groups in total. The molecule has 0 amide bonds. The normalized spacial score (nSPS) is 18.3. The molecule has 0 fully saturated rings. The summed E-state index contributed by atoms with van der Waals surface area (Å²) in [5.41, 5.74) is 2.53. The molecule has 1 atom stereocenters. The van der Waals surface area contributed by atoms with Crippen LogP contribution < -0.4 is 5.32 Å². The lowest BCUT2D eigenvalue weighted by molar-refractivity contribution is -0.384. The predicted molar refractivity (Wildman–Crippen MR) is 71.0 cm³/mol. The fourth-order valence-corrected chi connectivity index (χ4v) is 3.26. The number of non-ortho nitro benzene ring substituents is 1. The largest absolute Gasteiger partial charge is 0.306 e. The van der Waals surface area contributed by atoms with Crippen LogP contribution >= 0.6 is 11.3 Å². The molecular formula is C13H12N2O2S. The minimum Gasteiger partial charge on any atom is -0.306 e. The van der Waals surface area contributed by atoms with Gasteiger partial charge in [0.25, 0.3) is 5.69 Å². The quantitative estimate of drug-likeness (QED) is 0.667. The molecule has 0 spiro atoms. The molecule has 0 saturated heterocycles. The second-order valence-corrected chi connectivity index (χ2v) is 5.29. The smallest absolute Gasteiger partial charge is 0.269 e. The van der Waals surface area contributed by atoms with E-state index in [0.29, 0.717) is 0 Å². The maximum absolute atomic E-state index is 10.6. The van der Waals surface area contributed by atoms with Crippen molar-refractivity contribution >= 4 is 17.0 Å². The lowest BCUT2D eigenvalue weighted by Gasteiger charge is -2.24. The Kier molecular flexibility index (Phi) is 2.85. The Morgan fingerprint density at radius 3 is 2.78 bits per heavy atom. The summed E-state index contributed by atoms with van der Waals surface area (Å²) in [5, 5.41) is 16.2. The number of thiophene rings is 1. The number of nitrogens with zero attached hydrogens (tertiary/aromatic N) is 1. The van der Waals surface area contributed by atoms with E-state index in [1.165, 1.54) is 10.4 Å². The molecule has 1 aromatic heterocycles. The third-order valence-electron chi connectivity index (χ3n) is 3.23. The zero-order valence-corrected chi connectivity index (χ0v) is 10.4. The van der Waals surface area contributed by atoms with Crippen LogP contribution in [0.1, 0.15) is 22.0 Å².